The number of hydrogen-bond donors (Lipinski definition) is 2. The van der Waals surface area contributed by atoms with E-state index in [9.17, 15) is 14.9 Å². The molecule has 1 aliphatic carbocycles. The van der Waals surface area contributed by atoms with Gasteiger partial charge in [-0.1, -0.05) is 27.7 Å². The van der Waals surface area contributed by atoms with Gasteiger partial charge in [-0.05, 0) is 10.8 Å². The van der Waals surface area contributed by atoms with Crippen LogP contribution < -0.4 is 5.32 Å². The maximum atomic E-state index is 11.1. The molecule has 0 aromatic carbocycles. The third kappa shape index (κ3) is 1.99. The van der Waals surface area contributed by atoms with Gasteiger partial charge in [0.05, 0.1) is 10.5 Å². The van der Waals surface area contributed by atoms with E-state index in [0.29, 0.717) is 0 Å². The van der Waals surface area contributed by atoms with Crippen molar-refractivity contribution in [2.75, 3.05) is 5.32 Å². The van der Waals surface area contributed by atoms with Crippen LogP contribution in [-0.4, -0.2) is 27.0 Å². The van der Waals surface area contributed by atoms with Gasteiger partial charge in [-0.3, -0.25) is 10.1 Å². The molecular formula is C13H17N3O4. The SMILES string of the molecule is CC1(C)C(Nc2ncc(C(=O)O)cc2[N+](=O)[O-])C1(C)C. The van der Waals surface area contributed by atoms with E-state index in [1.165, 1.54) is 0 Å². The Labute approximate surface area is 116 Å². The molecule has 20 heavy (non-hydrogen) atoms. The lowest BCUT2D eigenvalue weighted by atomic mass is 10.0. The Morgan fingerprint density at radius 3 is 2.35 bits per heavy atom. The summed E-state index contributed by atoms with van der Waals surface area (Å²) in [5.74, 6) is -1.12. The Morgan fingerprint density at radius 1 is 1.40 bits per heavy atom. The summed E-state index contributed by atoms with van der Waals surface area (Å²) in [7, 11) is 0. The van der Waals surface area contributed by atoms with E-state index in [4.69, 9.17) is 5.11 Å². The number of aromatic carboxylic acids is 1. The van der Waals surface area contributed by atoms with Crippen LogP contribution in [-0.2, 0) is 0 Å². The Bertz CT molecular complexity index is 581. The molecule has 2 N–H and O–H groups in total. The quantitative estimate of drug-likeness (QED) is 0.648. The van der Waals surface area contributed by atoms with Crippen molar-refractivity contribution in [3.8, 4) is 0 Å². The Balaban J connectivity index is 2.34. The fraction of sp³-hybridized carbons (Fsp3) is 0.538. The first-order valence-corrected chi connectivity index (χ1v) is 6.23. The second-order valence-corrected chi connectivity index (χ2v) is 6.17. The maximum absolute atomic E-state index is 11.1. The number of carboxylic acids is 1. The summed E-state index contributed by atoms with van der Waals surface area (Å²) >= 11 is 0. The molecule has 1 heterocycles. The van der Waals surface area contributed by atoms with Crippen molar-refractivity contribution in [2.24, 2.45) is 10.8 Å². The average Bonchev–Trinajstić information content (AvgIpc) is 2.71. The number of carboxylic acid groups (broad SMARTS) is 1. The number of nitrogens with one attached hydrogen (secondary N) is 1. The first-order valence-electron chi connectivity index (χ1n) is 6.23. The summed E-state index contributed by atoms with van der Waals surface area (Å²) in [6, 6.07) is 1.08. The highest BCUT2D eigenvalue weighted by molar-refractivity contribution is 5.88. The number of nitro groups is 1. The van der Waals surface area contributed by atoms with E-state index in [1.807, 2.05) is 0 Å². The third-order valence-electron chi connectivity index (χ3n) is 4.61. The zero-order valence-corrected chi connectivity index (χ0v) is 11.8. The Morgan fingerprint density at radius 2 is 1.95 bits per heavy atom. The number of nitrogens with zero attached hydrogens (tertiary/aromatic N) is 2. The Hall–Kier alpha value is -2.18. The molecule has 1 aromatic heterocycles. The van der Waals surface area contributed by atoms with E-state index >= 15 is 0 Å². The maximum Gasteiger partial charge on any atom is 0.337 e. The van der Waals surface area contributed by atoms with E-state index in [2.05, 4.69) is 38.0 Å². The molecule has 7 nitrogen and oxygen atoms in total. The number of hydrogen-bond acceptors (Lipinski definition) is 5. The molecule has 1 aliphatic rings. The summed E-state index contributed by atoms with van der Waals surface area (Å²) in [6.45, 7) is 8.29. The van der Waals surface area contributed by atoms with Gasteiger partial charge in [0.15, 0.2) is 0 Å². The van der Waals surface area contributed by atoms with Crippen molar-refractivity contribution in [1.82, 2.24) is 4.98 Å². The molecule has 0 unspecified atom stereocenters. The van der Waals surface area contributed by atoms with Gasteiger partial charge in [0.2, 0.25) is 5.82 Å². The number of aromatic nitrogens is 1. The van der Waals surface area contributed by atoms with Crippen molar-refractivity contribution >= 4 is 17.5 Å². The highest BCUT2D eigenvalue weighted by atomic mass is 16.6. The van der Waals surface area contributed by atoms with Gasteiger partial charge in [0, 0.05) is 18.3 Å². The fourth-order valence-corrected chi connectivity index (χ4v) is 2.51. The van der Waals surface area contributed by atoms with E-state index in [-0.39, 0.29) is 33.9 Å². The molecule has 0 radical (unpaired) electrons. The summed E-state index contributed by atoms with van der Waals surface area (Å²) in [6.07, 6.45) is 1.13. The molecule has 1 saturated carbocycles. The predicted octanol–water partition coefficient (Wildman–Crippen LogP) is 2.53. The molecule has 0 saturated heterocycles. The molecule has 1 fully saturated rings. The summed E-state index contributed by atoms with van der Waals surface area (Å²) in [5, 5.41) is 23.0. The van der Waals surface area contributed by atoms with E-state index < -0.39 is 10.9 Å². The largest absolute Gasteiger partial charge is 0.478 e. The third-order valence-corrected chi connectivity index (χ3v) is 4.61. The van der Waals surface area contributed by atoms with Gasteiger partial charge < -0.3 is 10.4 Å². The minimum atomic E-state index is -1.24. The predicted molar refractivity (Wildman–Crippen MR) is 72.8 cm³/mol. The monoisotopic (exact) mass is 279 g/mol. The van der Waals surface area contributed by atoms with Crippen LogP contribution >= 0.6 is 0 Å². The summed E-state index contributed by atoms with van der Waals surface area (Å²) in [5.41, 5.74) is -0.526. The molecule has 7 heteroatoms. The molecule has 0 atom stereocenters. The number of anilines is 1. The molecule has 0 aliphatic heterocycles. The van der Waals surface area contributed by atoms with Crippen molar-refractivity contribution in [3.63, 3.8) is 0 Å². The van der Waals surface area contributed by atoms with E-state index in [1.54, 1.807) is 0 Å². The first-order chi connectivity index (χ1) is 9.09. The standard InChI is InChI=1S/C13H17N3O4/c1-12(2)11(13(12,3)4)15-9-8(16(19)20)5-7(6-14-9)10(17)18/h5-6,11H,1-4H3,(H,14,15)(H,17,18). The normalized spacial score (nSPS) is 19.4. The minimum absolute atomic E-state index is 0.00593. The summed E-state index contributed by atoms with van der Waals surface area (Å²) < 4.78 is 0. The van der Waals surface area contributed by atoms with Crippen LogP contribution in [0.3, 0.4) is 0 Å². The molecule has 0 spiro atoms. The van der Waals surface area contributed by atoms with Gasteiger partial charge in [-0.15, -0.1) is 0 Å². The first kappa shape index (κ1) is 14.2. The van der Waals surface area contributed by atoms with Crippen LogP contribution in [0, 0.1) is 20.9 Å². The topological polar surface area (TPSA) is 105 Å². The minimum Gasteiger partial charge on any atom is -0.478 e. The lowest BCUT2D eigenvalue weighted by molar-refractivity contribution is -0.384. The summed E-state index contributed by atoms with van der Waals surface area (Å²) in [4.78, 5) is 25.2. The van der Waals surface area contributed by atoms with Gasteiger partial charge in [-0.2, -0.15) is 0 Å². The van der Waals surface area contributed by atoms with Crippen LogP contribution in [0.5, 0.6) is 0 Å². The van der Waals surface area contributed by atoms with Crippen molar-refractivity contribution < 1.29 is 14.8 Å². The zero-order chi connectivity index (χ0) is 15.3. The fourth-order valence-electron chi connectivity index (χ4n) is 2.51. The van der Waals surface area contributed by atoms with Crippen LogP contribution in [0.2, 0.25) is 0 Å². The smallest absolute Gasteiger partial charge is 0.337 e. The van der Waals surface area contributed by atoms with Crippen molar-refractivity contribution in [1.29, 1.82) is 0 Å². The molecule has 2 rings (SSSR count). The second kappa shape index (κ2) is 4.16. The van der Waals surface area contributed by atoms with Crippen molar-refractivity contribution in [3.05, 3.63) is 27.9 Å². The zero-order valence-electron chi connectivity index (χ0n) is 11.8. The number of pyridine rings is 1. The highest BCUT2D eigenvalue weighted by Gasteiger charge is 2.65. The average molecular weight is 279 g/mol. The van der Waals surface area contributed by atoms with Crippen molar-refractivity contribution in [2.45, 2.75) is 33.7 Å². The lowest BCUT2D eigenvalue weighted by Gasteiger charge is -2.08. The van der Waals surface area contributed by atoms with Crippen LogP contribution in [0.25, 0.3) is 0 Å². The van der Waals surface area contributed by atoms with Gasteiger partial charge in [0.25, 0.3) is 0 Å². The molecule has 108 valence electrons. The van der Waals surface area contributed by atoms with Gasteiger partial charge in [-0.25, -0.2) is 9.78 Å². The van der Waals surface area contributed by atoms with Crippen LogP contribution in [0.1, 0.15) is 38.1 Å². The Kier molecular flexibility index (Phi) is 2.96. The van der Waals surface area contributed by atoms with E-state index in [0.717, 1.165) is 12.3 Å². The molecule has 0 bridgehead atoms. The molecule has 1 aromatic rings. The number of rotatable bonds is 4. The molecular weight excluding hydrogens is 262 g/mol. The van der Waals surface area contributed by atoms with Crippen LogP contribution in [0.4, 0.5) is 11.5 Å². The highest BCUT2D eigenvalue weighted by Crippen LogP contribution is 2.63. The lowest BCUT2D eigenvalue weighted by Crippen LogP contribution is -2.13. The van der Waals surface area contributed by atoms with Crippen LogP contribution in [0.15, 0.2) is 12.3 Å². The number of carbonyl (C=O) groups is 1. The van der Waals surface area contributed by atoms with Gasteiger partial charge in [0.1, 0.15) is 0 Å². The van der Waals surface area contributed by atoms with Gasteiger partial charge >= 0.3 is 11.7 Å². The molecule has 0 amide bonds. The second-order valence-electron chi connectivity index (χ2n) is 6.17.